The number of allylic oxidation sites excluding steroid dienone is 3. The standard InChI is InChI=1S/C20H32O5/c1-2-16(21)12-13-17(22)11-9-15-10-14-19(23)18(15)7-5-3-4-6-8-20(24)25/h3,5,9,11,15-18,21-22H,2,4,6-8,10,12-14H2,1H3,(H,24,25)/b5-3-,11-9+/t15-,16?,17+,18+/m0/s1. The van der Waals surface area contributed by atoms with Crippen molar-refractivity contribution < 1.29 is 24.9 Å². The summed E-state index contributed by atoms with van der Waals surface area (Å²) in [4.78, 5) is 22.5. The lowest BCUT2D eigenvalue weighted by atomic mass is 9.91. The number of hydrogen-bond acceptors (Lipinski definition) is 4. The molecule has 1 saturated carbocycles. The molecule has 0 spiro atoms. The number of carboxylic acid groups (broad SMARTS) is 1. The Morgan fingerprint density at radius 1 is 1.28 bits per heavy atom. The quantitative estimate of drug-likeness (QED) is 0.370. The largest absolute Gasteiger partial charge is 0.481 e. The molecule has 0 amide bonds. The fourth-order valence-electron chi connectivity index (χ4n) is 3.14. The summed E-state index contributed by atoms with van der Waals surface area (Å²) in [7, 11) is 0. The number of unbranched alkanes of at least 4 members (excludes halogenated alkanes) is 1. The van der Waals surface area contributed by atoms with Crippen molar-refractivity contribution in [1.29, 1.82) is 0 Å². The predicted molar refractivity (Wildman–Crippen MR) is 97.1 cm³/mol. The van der Waals surface area contributed by atoms with Gasteiger partial charge in [0.25, 0.3) is 0 Å². The highest BCUT2D eigenvalue weighted by molar-refractivity contribution is 5.83. The molecule has 0 aromatic rings. The van der Waals surface area contributed by atoms with Gasteiger partial charge in [-0.1, -0.05) is 31.2 Å². The molecule has 1 aliphatic carbocycles. The van der Waals surface area contributed by atoms with Crippen LogP contribution in [-0.2, 0) is 9.59 Å². The SMILES string of the molecule is CCC(O)CC[C@H](O)/C=C/[C@H]1CCC(=O)[C@@H]1C/C=C\CCCC(=O)O. The summed E-state index contributed by atoms with van der Waals surface area (Å²) in [6.45, 7) is 1.91. The van der Waals surface area contributed by atoms with E-state index in [1.807, 2.05) is 25.2 Å². The molecular weight excluding hydrogens is 320 g/mol. The molecule has 0 saturated heterocycles. The zero-order chi connectivity index (χ0) is 18.7. The minimum Gasteiger partial charge on any atom is -0.481 e. The molecule has 5 nitrogen and oxygen atoms in total. The van der Waals surface area contributed by atoms with Crippen molar-refractivity contribution in [3.63, 3.8) is 0 Å². The summed E-state index contributed by atoms with van der Waals surface area (Å²) >= 11 is 0. The smallest absolute Gasteiger partial charge is 0.303 e. The summed E-state index contributed by atoms with van der Waals surface area (Å²) in [5, 5.41) is 28.1. The summed E-state index contributed by atoms with van der Waals surface area (Å²) in [6.07, 6.45) is 12.1. The lowest BCUT2D eigenvalue weighted by molar-refractivity contribution is -0.137. The van der Waals surface area contributed by atoms with Crippen LogP contribution in [-0.4, -0.2) is 39.3 Å². The highest BCUT2D eigenvalue weighted by Crippen LogP contribution is 2.33. The Hall–Kier alpha value is -1.46. The lowest BCUT2D eigenvalue weighted by Gasteiger charge is -2.14. The summed E-state index contributed by atoms with van der Waals surface area (Å²) < 4.78 is 0. The number of Topliss-reactive ketones (excluding diaryl/α,β-unsaturated/α-hetero) is 1. The van der Waals surface area contributed by atoms with Crippen LogP contribution in [0.1, 0.15) is 64.7 Å². The van der Waals surface area contributed by atoms with Gasteiger partial charge in [-0.05, 0) is 50.9 Å². The number of carbonyl (C=O) groups excluding carboxylic acids is 1. The molecule has 0 aliphatic heterocycles. The molecule has 1 aliphatic rings. The van der Waals surface area contributed by atoms with E-state index in [9.17, 15) is 19.8 Å². The van der Waals surface area contributed by atoms with Crippen LogP contribution in [0.3, 0.4) is 0 Å². The van der Waals surface area contributed by atoms with Gasteiger partial charge in [0, 0.05) is 18.8 Å². The highest BCUT2D eigenvalue weighted by atomic mass is 16.4. The molecule has 0 radical (unpaired) electrons. The van der Waals surface area contributed by atoms with E-state index in [1.165, 1.54) is 0 Å². The minimum atomic E-state index is -0.783. The maximum absolute atomic E-state index is 12.1. The van der Waals surface area contributed by atoms with Crippen molar-refractivity contribution in [2.45, 2.75) is 76.9 Å². The van der Waals surface area contributed by atoms with Crippen molar-refractivity contribution in [1.82, 2.24) is 0 Å². The molecule has 0 bridgehead atoms. The number of aliphatic hydroxyl groups is 2. The van der Waals surface area contributed by atoms with Gasteiger partial charge in [-0.3, -0.25) is 9.59 Å². The van der Waals surface area contributed by atoms with Gasteiger partial charge in [0.2, 0.25) is 0 Å². The lowest BCUT2D eigenvalue weighted by Crippen LogP contribution is -2.14. The molecule has 1 fully saturated rings. The second kappa shape index (κ2) is 12.0. The van der Waals surface area contributed by atoms with Gasteiger partial charge in [0.15, 0.2) is 0 Å². The molecular formula is C20H32O5. The van der Waals surface area contributed by atoms with Gasteiger partial charge in [-0.25, -0.2) is 0 Å². The predicted octanol–water partition coefficient (Wildman–Crippen LogP) is 3.25. The number of aliphatic hydroxyl groups excluding tert-OH is 2. The van der Waals surface area contributed by atoms with Crippen molar-refractivity contribution in [2.75, 3.05) is 0 Å². The second-order valence-electron chi connectivity index (χ2n) is 6.86. The van der Waals surface area contributed by atoms with E-state index < -0.39 is 12.1 Å². The molecule has 0 aromatic heterocycles. The van der Waals surface area contributed by atoms with E-state index in [-0.39, 0.29) is 30.1 Å². The van der Waals surface area contributed by atoms with E-state index >= 15 is 0 Å². The van der Waals surface area contributed by atoms with E-state index in [2.05, 4.69) is 0 Å². The molecule has 0 aromatic carbocycles. The first-order chi connectivity index (χ1) is 11.9. The van der Waals surface area contributed by atoms with Crippen molar-refractivity contribution in [2.24, 2.45) is 11.8 Å². The third-order valence-corrected chi connectivity index (χ3v) is 4.82. The van der Waals surface area contributed by atoms with Crippen molar-refractivity contribution in [3.05, 3.63) is 24.3 Å². The Morgan fingerprint density at radius 3 is 2.72 bits per heavy atom. The molecule has 25 heavy (non-hydrogen) atoms. The normalized spacial score (nSPS) is 23.6. The van der Waals surface area contributed by atoms with Crippen LogP contribution in [0.15, 0.2) is 24.3 Å². The van der Waals surface area contributed by atoms with Crippen LogP contribution in [0.5, 0.6) is 0 Å². The zero-order valence-electron chi connectivity index (χ0n) is 15.1. The fourth-order valence-corrected chi connectivity index (χ4v) is 3.14. The van der Waals surface area contributed by atoms with Crippen LogP contribution >= 0.6 is 0 Å². The Balaban J connectivity index is 2.39. The monoisotopic (exact) mass is 352 g/mol. The average Bonchev–Trinajstić information content (AvgIpc) is 2.93. The van der Waals surface area contributed by atoms with Gasteiger partial charge in [-0.15, -0.1) is 0 Å². The first-order valence-corrected chi connectivity index (χ1v) is 9.38. The number of hydrogen-bond donors (Lipinski definition) is 3. The average molecular weight is 352 g/mol. The molecule has 5 heteroatoms. The van der Waals surface area contributed by atoms with Crippen LogP contribution in [0, 0.1) is 11.8 Å². The van der Waals surface area contributed by atoms with Crippen LogP contribution < -0.4 is 0 Å². The van der Waals surface area contributed by atoms with Crippen LogP contribution in [0.4, 0.5) is 0 Å². The van der Waals surface area contributed by atoms with Gasteiger partial charge in [-0.2, -0.15) is 0 Å². The first kappa shape index (κ1) is 21.6. The Bertz CT molecular complexity index is 469. The van der Waals surface area contributed by atoms with E-state index in [0.717, 1.165) is 6.42 Å². The molecule has 1 rings (SSSR count). The topological polar surface area (TPSA) is 94.8 Å². The van der Waals surface area contributed by atoms with E-state index in [0.29, 0.717) is 44.9 Å². The van der Waals surface area contributed by atoms with Gasteiger partial charge >= 0.3 is 5.97 Å². The van der Waals surface area contributed by atoms with E-state index in [4.69, 9.17) is 5.11 Å². The fraction of sp³-hybridized carbons (Fsp3) is 0.700. The molecule has 1 unspecified atom stereocenters. The van der Waals surface area contributed by atoms with Crippen LogP contribution in [0.25, 0.3) is 0 Å². The summed E-state index contributed by atoms with van der Waals surface area (Å²) in [5.74, 6) is -0.405. The first-order valence-electron chi connectivity index (χ1n) is 9.38. The molecule has 142 valence electrons. The maximum atomic E-state index is 12.1. The van der Waals surface area contributed by atoms with Crippen LogP contribution in [0.2, 0.25) is 0 Å². The molecule has 4 atom stereocenters. The van der Waals surface area contributed by atoms with Crippen molar-refractivity contribution in [3.8, 4) is 0 Å². The molecule has 3 N–H and O–H groups in total. The van der Waals surface area contributed by atoms with Gasteiger partial charge < -0.3 is 15.3 Å². The second-order valence-corrected chi connectivity index (χ2v) is 6.86. The minimum absolute atomic E-state index is 0.0413. The Labute approximate surface area is 150 Å². The van der Waals surface area contributed by atoms with Crippen molar-refractivity contribution >= 4 is 11.8 Å². The Kier molecular flexibility index (Phi) is 10.3. The number of ketones is 1. The van der Waals surface area contributed by atoms with Gasteiger partial charge in [0.1, 0.15) is 5.78 Å². The third-order valence-electron chi connectivity index (χ3n) is 4.82. The van der Waals surface area contributed by atoms with Gasteiger partial charge in [0.05, 0.1) is 12.2 Å². The highest BCUT2D eigenvalue weighted by Gasteiger charge is 2.31. The number of rotatable bonds is 12. The number of carbonyl (C=O) groups is 2. The Morgan fingerprint density at radius 2 is 2.04 bits per heavy atom. The summed E-state index contributed by atoms with van der Waals surface area (Å²) in [6, 6.07) is 0. The number of aliphatic carboxylic acids is 1. The van der Waals surface area contributed by atoms with E-state index in [1.54, 1.807) is 6.08 Å². The number of carboxylic acids is 1. The molecule has 0 heterocycles. The third kappa shape index (κ3) is 8.98. The zero-order valence-corrected chi connectivity index (χ0v) is 15.1. The summed E-state index contributed by atoms with van der Waals surface area (Å²) in [5.41, 5.74) is 0. The maximum Gasteiger partial charge on any atom is 0.303 e.